The number of nitrogens with zero attached hydrogens (tertiary/aromatic N) is 1. The van der Waals surface area contributed by atoms with Crippen LogP contribution in [-0.2, 0) is 4.79 Å². The van der Waals surface area contributed by atoms with E-state index in [1.807, 2.05) is 13.8 Å². The third-order valence-electron chi connectivity index (χ3n) is 4.93. The number of halogens is 1. The Balaban J connectivity index is 1.57. The molecule has 0 bridgehead atoms. The van der Waals surface area contributed by atoms with Gasteiger partial charge >= 0.3 is 0 Å². The number of aromatic nitrogens is 1. The molecule has 1 aromatic heterocycles. The van der Waals surface area contributed by atoms with Crippen molar-refractivity contribution in [2.24, 2.45) is 5.92 Å². The van der Waals surface area contributed by atoms with Crippen molar-refractivity contribution in [1.82, 2.24) is 15.6 Å². The topological polar surface area (TPSA) is 54.0 Å². The fraction of sp³-hybridized carbons (Fsp3) is 0.500. The van der Waals surface area contributed by atoms with Crippen LogP contribution >= 0.6 is 11.3 Å². The predicted octanol–water partition coefficient (Wildman–Crippen LogP) is 4.21. The van der Waals surface area contributed by atoms with Crippen molar-refractivity contribution >= 4 is 17.2 Å². The number of nitrogens with one attached hydrogen (secondary N) is 2. The Kier molecular flexibility index (Phi) is 6.38. The summed E-state index contributed by atoms with van der Waals surface area (Å²) in [5, 5.41) is 7.32. The SMILES string of the molecule is Cc1nc(-c2ccc(F)cc2)sc1C(C)NC(=O)CCC1CCNCC1. The van der Waals surface area contributed by atoms with Gasteiger partial charge in [0.25, 0.3) is 0 Å². The van der Waals surface area contributed by atoms with E-state index in [2.05, 4.69) is 15.6 Å². The first-order valence-corrected chi connectivity index (χ1v) is 10.1. The fourth-order valence-corrected chi connectivity index (χ4v) is 4.48. The van der Waals surface area contributed by atoms with Gasteiger partial charge in [-0.2, -0.15) is 0 Å². The Morgan fingerprint density at radius 1 is 1.35 bits per heavy atom. The number of thiazole rings is 1. The van der Waals surface area contributed by atoms with E-state index >= 15 is 0 Å². The number of hydrogen-bond acceptors (Lipinski definition) is 4. The molecule has 4 nitrogen and oxygen atoms in total. The van der Waals surface area contributed by atoms with Crippen LogP contribution in [0.4, 0.5) is 4.39 Å². The molecule has 2 heterocycles. The highest BCUT2D eigenvalue weighted by Gasteiger charge is 2.19. The molecule has 140 valence electrons. The normalized spacial score (nSPS) is 16.4. The number of rotatable bonds is 6. The highest BCUT2D eigenvalue weighted by atomic mass is 32.1. The Hall–Kier alpha value is -1.79. The van der Waals surface area contributed by atoms with Gasteiger partial charge in [0.2, 0.25) is 5.91 Å². The van der Waals surface area contributed by atoms with Gasteiger partial charge in [0.1, 0.15) is 10.8 Å². The Morgan fingerprint density at radius 2 is 2.04 bits per heavy atom. The van der Waals surface area contributed by atoms with Crippen molar-refractivity contribution in [3.63, 3.8) is 0 Å². The van der Waals surface area contributed by atoms with Crippen LogP contribution in [-0.4, -0.2) is 24.0 Å². The summed E-state index contributed by atoms with van der Waals surface area (Å²) in [6.07, 6.45) is 3.87. The van der Waals surface area contributed by atoms with Gasteiger partial charge in [0, 0.05) is 12.0 Å². The maximum Gasteiger partial charge on any atom is 0.220 e. The molecule has 26 heavy (non-hydrogen) atoms. The van der Waals surface area contributed by atoms with E-state index in [-0.39, 0.29) is 17.8 Å². The molecule has 1 fully saturated rings. The molecule has 0 aliphatic carbocycles. The molecule has 1 saturated heterocycles. The minimum atomic E-state index is -0.253. The van der Waals surface area contributed by atoms with Gasteiger partial charge in [-0.15, -0.1) is 11.3 Å². The Labute approximate surface area is 158 Å². The molecule has 2 N–H and O–H groups in total. The molecule has 1 unspecified atom stereocenters. The first-order valence-electron chi connectivity index (χ1n) is 9.26. The van der Waals surface area contributed by atoms with E-state index in [0.29, 0.717) is 12.3 Å². The Morgan fingerprint density at radius 3 is 2.73 bits per heavy atom. The van der Waals surface area contributed by atoms with Crippen molar-refractivity contribution in [2.45, 2.75) is 45.6 Å². The minimum absolute atomic E-state index is 0.0674. The first kappa shape index (κ1) is 19.0. The summed E-state index contributed by atoms with van der Waals surface area (Å²) in [4.78, 5) is 18.0. The van der Waals surface area contributed by atoms with Crippen molar-refractivity contribution in [3.8, 4) is 10.6 Å². The fourth-order valence-electron chi connectivity index (χ4n) is 3.41. The van der Waals surface area contributed by atoms with Crippen LogP contribution in [0.2, 0.25) is 0 Å². The average Bonchev–Trinajstić information content (AvgIpc) is 3.03. The standard InChI is InChI=1S/C20H26FN3OS/c1-13(23-18(25)8-3-15-9-11-22-12-10-15)19-14(2)24-20(26-19)16-4-6-17(21)7-5-16/h4-7,13,15,22H,3,8-12H2,1-2H3,(H,23,25). The van der Waals surface area contributed by atoms with Gasteiger partial charge < -0.3 is 10.6 Å². The number of piperidine rings is 1. The zero-order valence-electron chi connectivity index (χ0n) is 15.3. The number of hydrogen-bond donors (Lipinski definition) is 2. The molecular weight excluding hydrogens is 349 g/mol. The molecule has 1 aliphatic rings. The largest absolute Gasteiger partial charge is 0.349 e. The lowest BCUT2D eigenvalue weighted by molar-refractivity contribution is -0.122. The quantitative estimate of drug-likeness (QED) is 0.795. The highest BCUT2D eigenvalue weighted by Crippen LogP contribution is 2.32. The average molecular weight is 376 g/mol. The lowest BCUT2D eigenvalue weighted by Gasteiger charge is -2.22. The van der Waals surface area contributed by atoms with Gasteiger partial charge in [0.15, 0.2) is 0 Å². The second kappa shape index (κ2) is 8.73. The maximum atomic E-state index is 13.1. The number of amides is 1. The van der Waals surface area contributed by atoms with E-state index < -0.39 is 0 Å². The van der Waals surface area contributed by atoms with E-state index in [9.17, 15) is 9.18 Å². The molecule has 3 rings (SSSR count). The van der Waals surface area contributed by atoms with Gasteiger partial charge in [-0.25, -0.2) is 9.37 Å². The Bertz CT molecular complexity index is 738. The molecule has 6 heteroatoms. The summed E-state index contributed by atoms with van der Waals surface area (Å²) >= 11 is 1.56. The molecule has 1 aliphatic heterocycles. The van der Waals surface area contributed by atoms with Gasteiger partial charge in [-0.1, -0.05) is 0 Å². The van der Waals surface area contributed by atoms with Crippen LogP contribution in [0.3, 0.4) is 0 Å². The lowest BCUT2D eigenvalue weighted by atomic mass is 9.93. The zero-order valence-corrected chi connectivity index (χ0v) is 16.2. The molecule has 0 spiro atoms. The second-order valence-corrected chi connectivity index (χ2v) is 8.03. The van der Waals surface area contributed by atoms with Crippen LogP contribution in [0.25, 0.3) is 10.6 Å². The van der Waals surface area contributed by atoms with Gasteiger partial charge in [0.05, 0.1) is 16.6 Å². The predicted molar refractivity (Wildman–Crippen MR) is 104 cm³/mol. The van der Waals surface area contributed by atoms with Gasteiger partial charge in [-0.05, 0) is 76.4 Å². The van der Waals surface area contributed by atoms with Crippen LogP contribution in [0, 0.1) is 18.7 Å². The van der Waals surface area contributed by atoms with Crippen molar-refractivity contribution in [1.29, 1.82) is 0 Å². The summed E-state index contributed by atoms with van der Waals surface area (Å²) < 4.78 is 13.1. The first-order chi connectivity index (χ1) is 12.5. The van der Waals surface area contributed by atoms with Crippen molar-refractivity contribution < 1.29 is 9.18 Å². The monoisotopic (exact) mass is 375 g/mol. The minimum Gasteiger partial charge on any atom is -0.349 e. The molecule has 2 aromatic rings. The molecule has 0 radical (unpaired) electrons. The number of carbonyl (C=O) groups is 1. The van der Waals surface area contributed by atoms with E-state index in [4.69, 9.17) is 0 Å². The van der Waals surface area contributed by atoms with Crippen molar-refractivity contribution in [3.05, 3.63) is 40.7 Å². The third kappa shape index (κ3) is 4.89. The van der Waals surface area contributed by atoms with Gasteiger partial charge in [-0.3, -0.25) is 4.79 Å². The summed E-state index contributed by atoms with van der Waals surface area (Å²) in [6.45, 7) is 6.08. The number of benzene rings is 1. The lowest BCUT2D eigenvalue weighted by Crippen LogP contribution is -2.30. The van der Waals surface area contributed by atoms with Crippen LogP contribution in [0.15, 0.2) is 24.3 Å². The van der Waals surface area contributed by atoms with E-state index in [1.165, 1.54) is 12.1 Å². The van der Waals surface area contributed by atoms with Crippen LogP contribution < -0.4 is 10.6 Å². The summed E-state index contributed by atoms with van der Waals surface area (Å²) in [6, 6.07) is 6.29. The van der Waals surface area contributed by atoms with Crippen LogP contribution in [0.1, 0.15) is 49.2 Å². The zero-order chi connectivity index (χ0) is 18.5. The van der Waals surface area contributed by atoms with Crippen molar-refractivity contribution in [2.75, 3.05) is 13.1 Å². The number of aryl methyl sites for hydroxylation is 1. The summed E-state index contributed by atoms with van der Waals surface area (Å²) in [7, 11) is 0. The molecular formula is C20H26FN3OS. The highest BCUT2D eigenvalue weighted by molar-refractivity contribution is 7.15. The summed E-state index contributed by atoms with van der Waals surface area (Å²) in [5.41, 5.74) is 1.82. The third-order valence-corrected chi connectivity index (χ3v) is 6.32. The summed E-state index contributed by atoms with van der Waals surface area (Å²) in [5.74, 6) is 0.510. The van der Waals surface area contributed by atoms with E-state index in [1.54, 1.807) is 23.5 Å². The van der Waals surface area contributed by atoms with Crippen LogP contribution in [0.5, 0.6) is 0 Å². The molecule has 1 amide bonds. The van der Waals surface area contributed by atoms with E-state index in [0.717, 1.165) is 53.5 Å². The number of carbonyl (C=O) groups excluding carboxylic acids is 1. The smallest absolute Gasteiger partial charge is 0.220 e. The molecule has 1 atom stereocenters. The second-order valence-electron chi connectivity index (χ2n) is 7.00. The molecule has 0 saturated carbocycles. The molecule has 1 aromatic carbocycles. The maximum absolute atomic E-state index is 13.1.